The molecule has 1 amide bonds. The van der Waals surface area contributed by atoms with Crippen molar-refractivity contribution in [3.63, 3.8) is 0 Å². The van der Waals surface area contributed by atoms with Gasteiger partial charge in [-0.2, -0.15) is 0 Å². The SMILES string of the molecule is CCCCC(CC)CN1C(=O)C2(CC2)NC1CC. The first kappa shape index (κ1) is 13.9. The molecule has 18 heavy (non-hydrogen) atoms. The van der Waals surface area contributed by atoms with E-state index in [1.807, 2.05) is 0 Å². The lowest BCUT2D eigenvalue weighted by Crippen LogP contribution is -2.39. The van der Waals surface area contributed by atoms with E-state index in [-0.39, 0.29) is 11.7 Å². The van der Waals surface area contributed by atoms with Gasteiger partial charge in [0.15, 0.2) is 0 Å². The lowest BCUT2D eigenvalue weighted by Gasteiger charge is -2.27. The molecule has 1 N–H and O–H groups in total. The minimum Gasteiger partial charge on any atom is -0.325 e. The lowest BCUT2D eigenvalue weighted by molar-refractivity contribution is -0.131. The first-order valence-corrected chi connectivity index (χ1v) is 7.75. The molecular weight excluding hydrogens is 224 g/mol. The van der Waals surface area contributed by atoms with Crippen molar-refractivity contribution in [2.45, 2.75) is 77.4 Å². The van der Waals surface area contributed by atoms with Gasteiger partial charge in [0, 0.05) is 6.54 Å². The monoisotopic (exact) mass is 252 g/mol. The minimum atomic E-state index is -0.135. The lowest BCUT2D eigenvalue weighted by atomic mass is 9.98. The molecule has 1 spiro atoms. The number of nitrogens with zero attached hydrogens (tertiary/aromatic N) is 1. The van der Waals surface area contributed by atoms with Crippen LogP contribution < -0.4 is 5.32 Å². The van der Waals surface area contributed by atoms with E-state index < -0.39 is 0 Å². The first-order chi connectivity index (χ1) is 8.66. The molecular formula is C15H28N2O. The van der Waals surface area contributed by atoms with Gasteiger partial charge < -0.3 is 4.90 Å². The van der Waals surface area contributed by atoms with Gasteiger partial charge in [-0.25, -0.2) is 0 Å². The van der Waals surface area contributed by atoms with E-state index in [0.29, 0.717) is 11.8 Å². The molecule has 3 nitrogen and oxygen atoms in total. The summed E-state index contributed by atoms with van der Waals surface area (Å²) in [5.41, 5.74) is -0.135. The zero-order valence-electron chi connectivity index (χ0n) is 12.2. The van der Waals surface area contributed by atoms with Crippen molar-refractivity contribution in [1.82, 2.24) is 10.2 Å². The van der Waals surface area contributed by atoms with Crippen molar-refractivity contribution in [2.24, 2.45) is 5.92 Å². The van der Waals surface area contributed by atoms with Crippen LogP contribution in [0.15, 0.2) is 0 Å². The summed E-state index contributed by atoms with van der Waals surface area (Å²) in [6.45, 7) is 7.63. The second-order valence-corrected chi connectivity index (χ2v) is 6.02. The number of hydrogen-bond donors (Lipinski definition) is 1. The third kappa shape index (κ3) is 2.56. The molecule has 3 heteroatoms. The fraction of sp³-hybridized carbons (Fsp3) is 0.933. The minimum absolute atomic E-state index is 0.135. The summed E-state index contributed by atoms with van der Waals surface area (Å²) in [6.07, 6.45) is 8.40. The maximum Gasteiger partial charge on any atom is 0.244 e. The molecule has 2 atom stereocenters. The highest BCUT2D eigenvalue weighted by molar-refractivity contribution is 5.91. The highest BCUT2D eigenvalue weighted by Gasteiger charge is 2.58. The molecule has 1 saturated heterocycles. The Morgan fingerprint density at radius 3 is 2.61 bits per heavy atom. The maximum absolute atomic E-state index is 12.4. The van der Waals surface area contributed by atoms with Crippen molar-refractivity contribution >= 4 is 5.91 Å². The van der Waals surface area contributed by atoms with Gasteiger partial charge in [-0.05, 0) is 31.6 Å². The Hall–Kier alpha value is -0.570. The normalized spacial score (nSPS) is 26.9. The Morgan fingerprint density at radius 1 is 1.39 bits per heavy atom. The van der Waals surface area contributed by atoms with Gasteiger partial charge in [0.25, 0.3) is 0 Å². The van der Waals surface area contributed by atoms with Crippen LogP contribution in [0, 0.1) is 5.92 Å². The van der Waals surface area contributed by atoms with Gasteiger partial charge in [-0.15, -0.1) is 0 Å². The predicted octanol–water partition coefficient (Wildman–Crippen LogP) is 2.90. The molecule has 1 saturated carbocycles. The molecule has 0 aromatic rings. The quantitative estimate of drug-likeness (QED) is 0.755. The molecule has 0 radical (unpaired) electrons. The maximum atomic E-state index is 12.4. The highest BCUT2D eigenvalue weighted by Crippen LogP contribution is 2.42. The average molecular weight is 252 g/mol. The van der Waals surface area contributed by atoms with Gasteiger partial charge in [0.2, 0.25) is 5.91 Å². The van der Waals surface area contributed by atoms with Crippen LogP contribution in [0.5, 0.6) is 0 Å². The first-order valence-electron chi connectivity index (χ1n) is 7.75. The van der Waals surface area contributed by atoms with E-state index in [9.17, 15) is 4.79 Å². The number of carbonyl (C=O) groups excluding carboxylic acids is 1. The topological polar surface area (TPSA) is 32.3 Å². The second kappa shape index (κ2) is 5.60. The van der Waals surface area contributed by atoms with E-state index >= 15 is 0 Å². The molecule has 2 unspecified atom stereocenters. The summed E-state index contributed by atoms with van der Waals surface area (Å²) in [4.78, 5) is 14.6. The number of hydrogen-bond acceptors (Lipinski definition) is 2. The molecule has 0 bridgehead atoms. The van der Waals surface area contributed by atoms with E-state index in [0.717, 1.165) is 25.8 Å². The Kier molecular flexibility index (Phi) is 4.31. The van der Waals surface area contributed by atoms with Gasteiger partial charge >= 0.3 is 0 Å². The van der Waals surface area contributed by atoms with Crippen LogP contribution in [0.2, 0.25) is 0 Å². The highest BCUT2D eigenvalue weighted by atomic mass is 16.2. The van der Waals surface area contributed by atoms with E-state index in [1.54, 1.807) is 0 Å². The van der Waals surface area contributed by atoms with Crippen LogP contribution in [-0.2, 0) is 4.79 Å². The summed E-state index contributed by atoms with van der Waals surface area (Å²) in [5, 5.41) is 3.55. The van der Waals surface area contributed by atoms with Crippen molar-refractivity contribution in [1.29, 1.82) is 0 Å². The molecule has 1 aliphatic heterocycles. The number of nitrogens with one attached hydrogen (secondary N) is 1. The number of carbonyl (C=O) groups is 1. The van der Waals surface area contributed by atoms with Gasteiger partial charge in [0.1, 0.15) is 0 Å². The Balaban J connectivity index is 1.95. The molecule has 0 aromatic heterocycles. The van der Waals surface area contributed by atoms with Gasteiger partial charge in [0.05, 0.1) is 11.7 Å². The van der Waals surface area contributed by atoms with E-state index in [4.69, 9.17) is 0 Å². The van der Waals surface area contributed by atoms with Crippen molar-refractivity contribution < 1.29 is 4.79 Å². The fourth-order valence-corrected chi connectivity index (χ4v) is 3.09. The summed E-state index contributed by atoms with van der Waals surface area (Å²) in [5.74, 6) is 1.06. The Bertz CT molecular complexity index is 299. The van der Waals surface area contributed by atoms with Crippen LogP contribution in [0.1, 0.15) is 65.7 Å². The Morgan fingerprint density at radius 2 is 2.11 bits per heavy atom. The molecule has 0 aromatic carbocycles. The largest absolute Gasteiger partial charge is 0.325 e. The summed E-state index contributed by atoms with van der Waals surface area (Å²) < 4.78 is 0. The van der Waals surface area contributed by atoms with Gasteiger partial charge in [-0.1, -0.05) is 40.0 Å². The van der Waals surface area contributed by atoms with Crippen LogP contribution >= 0.6 is 0 Å². The number of amides is 1. The third-order valence-corrected chi connectivity index (χ3v) is 4.62. The van der Waals surface area contributed by atoms with Gasteiger partial charge in [-0.3, -0.25) is 10.1 Å². The second-order valence-electron chi connectivity index (χ2n) is 6.02. The number of unbranched alkanes of at least 4 members (excludes halogenated alkanes) is 1. The zero-order valence-corrected chi connectivity index (χ0v) is 12.2. The van der Waals surface area contributed by atoms with Crippen LogP contribution in [0.25, 0.3) is 0 Å². The predicted molar refractivity (Wildman–Crippen MR) is 74.2 cm³/mol. The number of rotatable bonds is 7. The molecule has 1 heterocycles. The standard InChI is InChI=1S/C15H28N2O/c1-4-7-8-12(5-2)11-17-13(6-3)16-15(9-10-15)14(17)18/h12-13,16H,4-11H2,1-3H3. The molecule has 2 fully saturated rings. The fourth-order valence-electron chi connectivity index (χ4n) is 3.09. The smallest absolute Gasteiger partial charge is 0.244 e. The van der Waals surface area contributed by atoms with Crippen LogP contribution in [-0.4, -0.2) is 29.1 Å². The molecule has 1 aliphatic carbocycles. The molecule has 2 rings (SSSR count). The van der Waals surface area contributed by atoms with Crippen molar-refractivity contribution in [3.05, 3.63) is 0 Å². The van der Waals surface area contributed by atoms with Crippen LogP contribution in [0.3, 0.4) is 0 Å². The Labute approximate surface area is 111 Å². The molecule has 2 aliphatic rings. The van der Waals surface area contributed by atoms with E-state index in [2.05, 4.69) is 31.0 Å². The van der Waals surface area contributed by atoms with Crippen LogP contribution in [0.4, 0.5) is 0 Å². The zero-order chi connectivity index (χ0) is 13.2. The summed E-state index contributed by atoms with van der Waals surface area (Å²) >= 11 is 0. The molecule has 104 valence electrons. The van der Waals surface area contributed by atoms with Crippen molar-refractivity contribution in [2.75, 3.05) is 6.54 Å². The summed E-state index contributed by atoms with van der Waals surface area (Å²) in [6, 6.07) is 0. The summed E-state index contributed by atoms with van der Waals surface area (Å²) in [7, 11) is 0. The van der Waals surface area contributed by atoms with E-state index in [1.165, 1.54) is 25.7 Å². The van der Waals surface area contributed by atoms with Crippen molar-refractivity contribution in [3.8, 4) is 0 Å². The third-order valence-electron chi connectivity index (χ3n) is 4.62. The average Bonchev–Trinajstić information content (AvgIpc) is 3.12.